The molecule has 0 saturated carbocycles. The normalized spacial score (nSPS) is 10.6. The summed E-state index contributed by atoms with van der Waals surface area (Å²) in [6, 6.07) is 10.2. The molecule has 2 aromatic heterocycles. The summed E-state index contributed by atoms with van der Waals surface area (Å²) in [6.07, 6.45) is 3.54. The molecule has 0 radical (unpaired) electrons. The van der Waals surface area contributed by atoms with Crippen LogP contribution in [0.2, 0.25) is 0 Å². The number of fused-ring (bicyclic) bond motifs is 1. The van der Waals surface area contributed by atoms with E-state index in [2.05, 4.69) is 38.1 Å². The molecule has 3 aromatic rings. The summed E-state index contributed by atoms with van der Waals surface area (Å²) in [6.45, 7) is 0.734. The van der Waals surface area contributed by atoms with Gasteiger partial charge in [-0.2, -0.15) is 0 Å². The van der Waals surface area contributed by atoms with E-state index in [1.807, 2.05) is 18.3 Å². The summed E-state index contributed by atoms with van der Waals surface area (Å²) in [5.74, 6) is 0. The summed E-state index contributed by atoms with van der Waals surface area (Å²) in [5.41, 5.74) is 2.22. The lowest BCUT2D eigenvalue weighted by atomic mass is 10.1. The van der Waals surface area contributed by atoms with Crippen LogP contribution in [0.4, 0.5) is 5.00 Å². The largest absolute Gasteiger partial charge is 0.370 e. The maximum Gasteiger partial charge on any atom is 0.130 e. The van der Waals surface area contributed by atoms with Crippen molar-refractivity contribution in [3.8, 4) is 0 Å². The summed E-state index contributed by atoms with van der Waals surface area (Å²) in [4.78, 5) is 4.41. The number of hydrogen-bond acceptors (Lipinski definition) is 5. The summed E-state index contributed by atoms with van der Waals surface area (Å²) >= 11 is 1.35. The number of anilines is 1. The predicted molar refractivity (Wildman–Crippen MR) is 69.0 cm³/mol. The molecule has 0 aliphatic rings. The van der Waals surface area contributed by atoms with Crippen LogP contribution in [0.15, 0.2) is 42.7 Å². The van der Waals surface area contributed by atoms with Crippen molar-refractivity contribution in [3.05, 3.63) is 48.3 Å². The first-order valence-corrected chi connectivity index (χ1v) is 6.05. The zero-order chi connectivity index (χ0) is 11.5. The topological polar surface area (TPSA) is 50.7 Å². The maximum atomic E-state index is 4.41. The minimum atomic E-state index is 0.734. The zero-order valence-electron chi connectivity index (χ0n) is 9.00. The third-order valence-electron chi connectivity index (χ3n) is 2.53. The van der Waals surface area contributed by atoms with Gasteiger partial charge in [0.1, 0.15) is 5.00 Å². The smallest absolute Gasteiger partial charge is 0.130 e. The Balaban J connectivity index is 1.90. The van der Waals surface area contributed by atoms with Crippen LogP contribution in [0.3, 0.4) is 0 Å². The van der Waals surface area contributed by atoms with Crippen molar-refractivity contribution in [1.82, 2.24) is 14.6 Å². The van der Waals surface area contributed by atoms with Gasteiger partial charge in [-0.05, 0) is 11.6 Å². The van der Waals surface area contributed by atoms with Crippen molar-refractivity contribution < 1.29 is 0 Å². The molecule has 0 unspecified atom stereocenters. The fourth-order valence-corrected chi connectivity index (χ4v) is 2.15. The molecule has 4 nitrogen and oxygen atoms in total. The highest BCUT2D eigenvalue weighted by Gasteiger charge is 2.02. The number of benzene rings is 1. The average Bonchev–Trinajstić information content (AvgIpc) is 2.89. The predicted octanol–water partition coefficient (Wildman–Crippen LogP) is 2.70. The highest BCUT2D eigenvalue weighted by Crippen LogP contribution is 2.18. The van der Waals surface area contributed by atoms with Crippen LogP contribution in [0.1, 0.15) is 5.56 Å². The molecule has 0 spiro atoms. The Morgan fingerprint density at radius 1 is 1.18 bits per heavy atom. The number of rotatable bonds is 3. The van der Waals surface area contributed by atoms with Gasteiger partial charge in [0.2, 0.25) is 0 Å². The number of pyridine rings is 1. The van der Waals surface area contributed by atoms with Crippen molar-refractivity contribution in [2.45, 2.75) is 6.54 Å². The molecular weight excluding hydrogens is 232 g/mol. The van der Waals surface area contributed by atoms with Gasteiger partial charge in [-0.1, -0.05) is 28.8 Å². The molecule has 0 amide bonds. The third-order valence-corrected chi connectivity index (χ3v) is 3.15. The van der Waals surface area contributed by atoms with Crippen LogP contribution in [0, 0.1) is 0 Å². The molecule has 84 valence electrons. The van der Waals surface area contributed by atoms with Crippen molar-refractivity contribution in [2.75, 3.05) is 5.32 Å². The molecule has 5 heteroatoms. The SMILES string of the molecule is c1cnc2c(CNc3cnns3)cccc2c1. The molecule has 0 saturated heterocycles. The second kappa shape index (κ2) is 4.47. The summed E-state index contributed by atoms with van der Waals surface area (Å²) < 4.78 is 3.81. The first-order chi connectivity index (χ1) is 8.43. The minimum Gasteiger partial charge on any atom is -0.370 e. The summed E-state index contributed by atoms with van der Waals surface area (Å²) in [7, 11) is 0. The second-order valence-corrected chi connectivity index (χ2v) is 4.41. The Labute approximate surface area is 102 Å². The Hall–Kier alpha value is -2.01. The Bertz CT molecular complexity index is 616. The first kappa shape index (κ1) is 10.2. The van der Waals surface area contributed by atoms with Crippen molar-refractivity contribution >= 4 is 27.4 Å². The van der Waals surface area contributed by atoms with E-state index in [1.165, 1.54) is 17.1 Å². The van der Waals surface area contributed by atoms with Gasteiger partial charge in [0.25, 0.3) is 0 Å². The lowest BCUT2D eigenvalue weighted by molar-refractivity contribution is 1.14. The van der Waals surface area contributed by atoms with Crippen molar-refractivity contribution in [1.29, 1.82) is 0 Å². The van der Waals surface area contributed by atoms with Gasteiger partial charge in [0, 0.05) is 29.7 Å². The molecule has 1 aromatic carbocycles. The fourth-order valence-electron chi connectivity index (χ4n) is 1.74. The minimum absolute atomic E-state index is 0.734. The molecule has 0 aliphatic heterocycles. The van der Waals surface area contributed by atoms with E-state index >= 15 is 0 Å². The third kappa shape index (κ3) is 2.09. The highest BCUT2D eigenvalue weighted by molar-refractivity contribution is 7.09. The molecule has 17 heavy (non-hydrogen) atoms. The number of nitrogens with zero attached hydrogens (tertiary/aromatic N) is 3. The molecule has 0 fully saturated rings. The van der Waals surface area contributed by atoms with Gasteiger partial charge in [-0.15, -0.1) is 5.10 Å². The summed E-state index contributed by atoms with van der Waals surface area (Å²) in [5, 5.41) is 9.21. The molecule has 2 heterocycles. The number of nitrogens with one attached hydrogen (secondary N) is 1. The lowest BCUT2D eigenvalue weighted by Gasteiger charge is -2.06. The van der Waals surface area contributed by atoms with E-state index in [-0.39, 0.29) is 0 Å². The first-order valence-electron chi connectivity index (χ1n) is 5.27. The van der Waals surface area contributed by atoms with Crippen LogP contribution in [0.5, 0.6) is 0 Å². The Kier molecular flexibility index (Phi) is 2.67. The van der Waals surface area contributed by atoms with Gasteiger partial charge in [0.15, 0.2) is 0 Å². The Morgan fingerprint density at radius 2 is 2.12 bits per heavy atom. The monoisotopic (exact) mass is 242 g/mol. The van der Waals surface area contributed by atoms with E-state index in [9.17, 15) is 0 Å². The van der Waals surface area contributed by atoms with E-state index in [1.54, 1.807) is 6.20 Å². The standard InChI is InChI=1S/C12H10N4S/c1-3-9-5-2-6-13-12(9)10(4-1)7-14-11-8-15-16-17-11/h1-6,8,14H,7H2. The zero-order valence-corrected chi connectivity index (χ0v) is 9.81. The second-order valence-electron chi connectivity index (χ2n) is 3.63. The molecule has 3 rings (SSSR count). The number of hydrogen-bond donors (Lipinski definition) is 1. The quantitative estimate of drug-likeness (QED) is 0.767. The number of para-hydroxylation sites is 1. The molecule has 0 aliphatic carbocycles. The lowest BCUT2D eigenvalue weighted by Crippen LogP contribution is -1.99. The van der Waals surface area contributed by atoms with E-state index in [0.717, 1.165) is 22.4 Å². The van der Waals surface area contributed by atoms with Gasteiger partial charge in [0.05, 0.1) is 11.7 Å². The average molecular weight is 242 g/mol. The highest BCUT2D eigenvalue weighted by atomic mass is 32.1. The van der Waals surface area contributed by atoms with Gasteiger partial charge >= 0.3 is 0 Å². The van der Waals surface area contributed by atoms with Gasteiger partial charge < -0.3 is 5.32 Å². The molecule has 0 bridgehead atoms. The van der Waals surface area contributed by atoms with Gasteiger partial charge in [-0.25, -0.2) is 0 Å². The Morgan fingerprint density at radius 3 is 3.00 bits per heavy atom. The van der Waals surface area contributed by atoms with Crippen LogP contribution < -0.4 is 5.32 Å². The number of aromatic nitrogens is 3. The van der Waals surface area contributed by atoms with Crippen LogP contribution in [-0.2, 0) is 6.54 Å². The van der Waals surface area contributed by atoms with E-state index < -0.39 is 0 Å². The maximum absolute atomic E-state index is 4.41. The van der Waals surface area contributed by atoms with Crippen molar-refractivity contribution in [3.63, 3.8) is 0 Å². The molecule has 0 atom stereocenters. The van der Waals surface area contributed by atoms with Crippen LogP contribution >= 0.6 is 11.5 Å². The van der Waals surface area contributed by atoms with E-state index in [4.69, 9.17) is 0 Å². The van der Waals surface area contributed by atoms with Crippen LogP contribution in [-0.4, -0.2) is 14.6 Å². The van der Waals surface area contributed by atoms with Gasteiger partial charge in [-0.3, -0.25) is 4.98 Å². The molecule has 1 N–H and O–H groups in total. The van der Waals surface area contributed by atoms with Crippen molar-refractivity contribution in [2.24, 2.45) is 0 Å². The van der Waals surface area contributed by atoms with Crippen LogP contribution in [0.25, 0.3) is 10.9 Å². The molecular formula is C12H10N4S. The fraction of sp³-hybridized carbons (Fsp3) is 0.0833. The van der Waals surface area contributed by atoms with E-state index in [0.29, 0.717) is 0 Å².